The zero-order valence-corrected chi connectivity index (χ0v) is 15.7. The van der Waals surface area contributed by atoms with Crippen molar-refractivity contribution in [3.8, 4) is 11.3 Å². The average Bonchev–Trinajstić information content (AvgIpc) is 2.99. The number of rotatable bonds is 3. The Morgan fingerprint density at radius 1 is 1.12 bits per heavy atom. The van der Waals surface area contributed by atoms with Crippen molar-refractivity contribution in [1.29, 1.82) is 0 Å². The molecular formula is C16H12BrCl2N5O. The number of nitrogens with zero attached hydrogens (tertiary/aromatic N) is 1. The van der Waals surface area contributed by atoms with Crippen LogP contribution in [0.25, 0.3) is 11.3 Å². The van der Waals surface area contributed by atoms with Crippen LogP contribution in [0.2, 0.25) is 10.0 Å². The van der Waals surface area contributed by atoms with Crippen LogP contribution in [-0.4, -0.2) is 16.0 Å². The number of hydrogen-bond acceptors (Lipinski definition) is 3. The highest BCUT2D eigenvalue weighted by Gasteiger charge is 2.09. The lowest BCUT2D eigenvalue weighted by Crippen LogP contribution is -2.19. The molecule has 3 aromatic rings. The van der Waals surface area contributed by atoms with E-state index in [2.05, 4.69) is 36.5 Å². The lowest BCUT2D eigenvalue weighted by Gasteiger charge is -2.10. The molecule has 2 amide bonds. The molecule has 0 aliphatic rings. The number of urea groups is 1. The quantitative estimate of drug-likeness (QED) is 0.412. The van der Waals surface area contributed by atoms with Gasteiger partial charge in [0.2, 0.25) is 0 Å². The normalized spacial score (nSPS) is 10.5. The Bertz CT molecular complexity index is 921. The Balaban J connectivity index is 1.73. The summed E-state index contributed by atoms with van der Waals surface area (Å²) in [6, 6.07) is 10.0. The van der Waals surface area contributed by atoms with E-state index in [-0.39, 0.29) is 0 Å². The van der Waals surface area contributed by atoms with Gasteiger partial charge < -0.3 is 21.4 Å². The summed E-state index contributed by atoms with van der Waals surface area (Å²) in [5, 5.41) is 6.24. The van der Waals surface area contributed by atoms with E-state index in [1.165, 1.54) is 0 Å². The first-order chi connectivity index (χ1) is 11.9. The second kappa shape index (κ2) is 7.35. The van der Waals surface area contributed by atoms with Crippen molar-refractivity contribution in [2.45, 2.75) is 0 Å². The number of amides is 2. The van der Waals surface area contributed by atoms with Gasteiger partial charge in [0.25, 0.3) is 0 Å². The standard InChI is InChI=1S/C16H12BrCl2N5O/c17-14-11(18)5-10(6-12(14)19)23-16(25)22-9-3-1-2-8(4-9)13-7-21-15(20)24-13/h1-7H,(H3,20,21,24)(H2,22,23,25). The Morgan fingerprint density at radius 3 is 2.44 bits per heavy atom. The van der Waals surface area contributed by atoms with E-state index in [1.54, 1.807) is 30.5 Å². The van der Waals surface area contributed by atoms with Crippen molar-refractivity contribution < 1.29 is 4.79 Å². The number of carbonyl (C=O) groups excluding carboxylic acids is 1. The molecule has 128 valence electrons. The first-order valence-corrected chi connectivity index (χ1v) is 8.61. The second-order valence-electron chi connectivity index (χ2n) is 5.10. The molecule has 0 radical (unpaired) electrons. The number of hydrogen-bond donors (Lipinski definition) is 4. The molecule has 0 aliphatic carbocycles. The largest absolute Gasteiger partial charge is 0.369 e. The maximum absolute atomic E-state index is 12.2. The van der Waals surface area contributed by atoms with E-state index in [9.17, 15) is 4.79 Å². The lowest BCUT2D eigenvalue weighted by atomic mass is 10.1. The fourth-order valence-corrected chi connectivity index (χ4v) is 2.88. The van der Waals surface area contributed by atoms with Crippen LogP contribution in [-0.2, 0) is 0 Å². The van der Waals surface area contributed by atoms with Gasteiger partial charge in [-0.15, -0.1) is 0 Å². The van der Waals surface area contributed by atoms with Gasteiger partial charge in [-0.1, -0.05) is 35.3 Å². The van der Waals surface area contributed by atoms with Gasteiger partial charge in [0.1, 0.15) is 0 Å². The molecule has 6 nitrogen and oxygen atoms in total. The molecule has 1 aromatic heterocycles. The summed E-state index contributed by atoms with van der Waals surface area (Å²) in [6.07, 6.45) is 1.63. The summed E-state index contributed by atoms with van der Waals surface area (Å²) in [4.78, 5) is 19.1. The molecule has 0 saturated heterocycles. The number of imidazole rings is 1. The number of carbonyl (C=O) groups is 1. The summed E-state index contributed by atoms with van der Waals surface area (Å²) >= 11 is 15.3. The van der Waals surface area contributed by atoms with Gasteiger partial charge in [0.15, 0.2) is 5.95 Å². The summed E-state index contributed by atoms with van der Waals surface area (Å²) in [6.45, 7) is 0. The summed E-state index contributed by atoms with van der Waals surface area (Å²) in [7, 11) is 0. The molecule has 1 heterocycles. The molecule has 2 aromatic carbocycles. The zero-order chi connectivity index (χ0) is 18.0. The highest BCUT2D eigenvalue weighted by atomic mass is 79.9. The third-order valence-corrected chi connectivity index (χ3v) is 5.18. The third-order valence-electron chi connectivity index (χ3n) is 3.27. The number of halogens is 3. The number of nitrogen functional groups attached to an aromatic ring is 1. The molecular weight excluding hydrogens is 429 g/mol. The highest BCUT2D eigenvalue weighted by molar-refractivity contribution is 9.10. The van der Waals surface area contributed by atoms with Crippen LogP contribution < -0.4 is 16.4 Å². The third kappa shape index (κ3) is 4.25. The summed E-state index contributed by atoms with van der Waals surface area (Å²) in [5.41, 5.74) is 8.27. The van der Waals surface area contributed by atoms with Crippen molar-refractivity contribution in [2.24, 2.45) is 0 Å². The summed E-state index contributed by atoms with van der Waals surface area (Å²) < 4.78 is 0.577. The molecule has 0 unspecified atom stereocenters. The number of aromatic nitrogens is 2. The van der Waals surface area contributed by atoms with Crippen molar-refractivity contribution in [1.82, 2.24) is 9.97 Å². The van der Waals surface area contributed by atoms with Gasteiger partial charge in [-0.3, -0.25) is 0 Å². The van der Waals surface area contributed by atoms with Crippen LogP contribution >= 0.6 is 39.1 Å². The minimum Gasteiger partial charge on any atom is -0.369 e. The maximum atomic E-state index is 12.2. The zero-order valence-electron chi connectivity index (χ0n) is 12.6. The maximum Gasteiger partial charge on any atom is 0.323 e. The van der Waals surface area contributed by atoms with E-state index in [4.69, 9.17) is 28.9 Å². The molecule has 0 atom stereocenters. The van der Waals surface area contributed by atoms with Gasteiger partial charge in [-0.25, -0.2) is 9.78 Å². The number of benzene rings is 2. The molecule has 0 saturated carbocycles. The number of nitrogens with two attached hydrogens (primary N) is 1. The Labute approximate surface area is 161 Å². The van der Waals surface area contributed by atoms with Crippen molar-refractivity contribution in [2.75, 3.05) is 16.4 Å². The predicted octanol–water partition coefficient (Wildman–Crippen LogP) is 5.37. The second-order valence-corrected chi connectivity index (χ2v) is 6.70. The number of nitrogens with one attached hydrogen (secondary N) is 3. The lowest BCUT2D eigenvalue weighted by molar-refractivity contribution is 0.262. The van der Waals surface area contributed by atoms with Crippen LogP contribution in [0.15, 0.2) is 47.1 Å². The van der Waals surface area contributed by atoms with E-state index < -0.39 is 6.03 Å². The monoisotopic (exact) mass is 439 g/mol. The topological polar surface area (TPSA) is 95.8 Å². The molecule has 9 heteroatoms. The average molecular weight is 441 g/mol. The minimum atomic E-state index is -0.421. The highest BCUT2D eigenvalue weighted by Crippen LogP contribution is 2.33. The van der Waals surface area contributed by atoms with Crippen molar-refractivity contribution in [3.05, 3.63) is 57.1 Å². The molecule has 3 rings (SSSR count). The molecule has 0 spiro atoms. The van der Waals surface area contributed by atoms with E-state index >= 15 is 0 Å². The van der Waals surface area contributed by atoms with Gasteiger partial charge >= 0.3 is 6.03 Å². The van der Waals surface area contributed by atoms with Gasteiger partial charge in [0, 0.05) is 16.9 Å². The van der Waals surface area contributed by atoms with Gasteiger partial charge in [0.05, 0.1) is 26.4 Å². The van der Waals surface area contributed by atoms with Crippen molar-refractivity contribution in [3.63, 3.8) is 0 Å². The molecule has 0 fully saturated rings. The van der Waals surface area contributed by atoms with Crippen LogP contribution in [0.4, 0.5) is 22.1 Å². The number of aromatic amines is 1. The van der Waals surface area contributed by atoms with Crippen LogP contribution in [0.1, 0.15) is 0 Å². The van der Waals surface area contributed by atoms with Gasteiger partial charge in [-0.05, 0) is 40.2 Å². The van der Waals surface area contributed by atoms with Gasteiger partial charge in [-0.2, -0.15) is 0 Å². The molecule has 0 aliphatic heterocycles. The predicted molar refractivity (Wildman–Crippen MR) is 105 cm³/mol. The summed E-state index contributed by atoms with van der Waals surface area (Å²) in [5.74, 6) is 0.329. The first-order valence-electron chi connectivity index (χ1n) is 7.06. The van der Waals surface area contributed by atoms with E-state index in [0.29, 0.717) is 31.8 Å². The molecule has 0 bridgehead atoms. The number of H-pyrrole nitrogens is 1. The number of anilines is 3. The molecule has 25 heavy (non-hydrogen) atoms. The smallest absolute Gasteiger partial charge is 0.323 e. The fraction of sp³-hybridized carbons (Fsp3) is 0. The fourth-order valence-electron chi connectivity index (χ4n) is 2.17. The SMILES string of the molecule is Nc1ncc(-c2cccc(NC(=O)Nc3cc(Cl)c(Br)c(Cl)c3)c2)[nH]1. The van der Waals surface area contributed by atoms with Crippen molar-refractivity contribution >= 4 is 62.5 Å². The molecule has 5 N–H and O–H groups in total. The van der Waals surface area contributed by atoms with Crippen LogP contribution in [0, 0.1) is 0 Å². The Kier molecular flexibility index (Phi) is 5.17. The first kappa shape index (κ1) is 17.6. The van der Waals surface area contributed by atoms with E-state index in [1.807, 2.05) is 12.1 Å². The van der Waals surface area contributed by atoms with E-state index in [0.717, 1.165) is 11.3 Å². The van der Waals surface area contributed by atoms with Crippen LogP contribution in [0.5, 0.6) is 0 Å². The Morgan fingerprint density at radius 2 is 1.80 bits per heavy atom. The van der Waals surface area contributed by atoms with Crippen LogP contribution in [0.3, 0.4) is 0 Å². The minimum absolute atomic E-state index is 0.329. The Hall–Kier alpha value is -2.22.